The molecule has 0 aromatic carbocycles. The second-order valence-electron chi connectivity index (χ2n) is 18.2. The van der Waals surface area contributed by atoms with Crippen LogP contribution in [-0.2, 0) is 9.47 Å². The quantitative estimate of drug-likeness (QED) is 0.347. The minimum Gasteiger partial charge on any atom is -0.446 e. The largest absolute Gasteiger partial charge is 0.446 e. The number of ether oxygens (including phenoxy) is 2. The molecule has 5 aliphatic carbocycles. The summed E-state index contributed by atoms with van der Waals surface area (Å²) in [5.74, 6) is 1.68. The lowest BCUT2D eigenvalue weighted by atomic mass is 9.35. The van der Waals surface area contributed by atoms with Crippen LogP contribution < -0.4 is 5.32 Å². The summed E-state index contributed by atoms with van der Waals surface area (Å²) >= 11 is 0. The standard InChI is InChI=1S/C37H63NO4/c1-32(2)18-12-19-37(8,42-32)25-15-21-36(7)30(25)26(39)23-28-34(5)20-17-29(33(3,4)27(34)16-22-35(28,36)6)41-31(40)38-24-13-10-9-11-14-24/h24-30,39H,9-23H2,1-8H3,(H,38,40)/t25-,26+,27-,28+,29-,30-,34-,35+,36+,37+/m0/s1. The van der Waals surface area contributed by atoms with Crippen molar-refractivity contribution in [1.29, 1.82) is 0 Å². The number of carbonyl (C=O) groups excluding carboxylic acids is 1. The van der Waals surface area contributed by atoms with Gasteiger partial charge in [-0.15, -0.1) is 0 Å². The predicted octanol–water partition coefficient (Wildman–Crippen LogP) is 8.81. The van der Waals surface area contributed by atoms with Crippen molar-refractivity contribution in [2.75, 3.05) is 0 Å². The Morgan fingerprint density at radius 2 is 1.45 bits per heavy atom. The molecule has 0 radical (unpaired) electrons. The van der Waals surface area contributed by atoms with Crippen LogP contribution in [0.5, 0.6) is 0 Å². The Bertz CT molecular complexity index is 1030. The van der Waals surface area contributed by atoms with Crippen molar-refractivity contribution in [2.45, 2.75) is 181 Å². The van der Waals surface area contributed by atoms with Gasteiger partial charge < -0.3 is 19.9 Å². The molecule has 6 rings (SSSR count). The van der Waals surface area contributed by atoms with E-state index in [0.29, 0.717) is 23.7 Å². The fourth-order valence-corrected chi connectivity index (χ4v) is 13.1. The number of nitrogens with one attached hydrogen (secondary N) is 1. The summed E-state index contributed by atoms with van der Waals surface area (Å²) in [5, 5.41) is 15.4. The van der Waals surface area contributed by atoms with Gasteiger partial charge in [-0.25, -0.2) is 4.79 Å². The van der Waals surface area contributed by atoms with E-state index in [1.165, 1.54) is 51.4 Å². The number of aliphatic hydroxyl groups is 1. The highest BCUT2D eigenvalue weighted by atomic mass is 16.6. The van der Waals surface area contributed by atoms with Gasteiger partial charge in [0.2, 0.25) is 0 Å². The van der Waals surface area contributed by atoms with Crippen LogP contribution in [0.25, 0.3) is 0 Å². The summed E-state index contributed by atoms with van der Waals surface area (Å²) in [6, 6.07) is 0.276. The van der Waals surface area contributed by atoms with E-state index in [2.05, 4.69) is 60.7 Å². The number of rotatable bonds is 3. The van der Waals surface area contributed by atoms with Gasteiger partial charge in [0.15, 0.2) is 0 Å². The topological polar surface area (TPSA) is 67.8 Å². The van der Waals surface area contributed by atoms with Crippen molar-refractivity contribution < 1.29 is 19.4 Å². The number of alkyl carbamates (subject to hydrolysis) is 1. The third-order valence-electron chi connectivity index (χ3n) is 15.2. The zero-order valence-electron chi connectivity index (χ0n) is 28.3. The lowest BCUT2D eigenvalue weighted by Crippen LogP contribution is -2.67. The number of carbonyl (C=O) groups is 1. The van der Waals surface area contributed by atoms with Crippen molar-refractivity contribution in [3.05, 3.63) is 0 Å². The maximum Gasteiger partial charge on any atom is 0.407 e. The monoisotopic (exact) mass is 585 g/mol. The van der Waals surface area contributed by atoms with E-state index in [9.17, 15) is 9.90 Å². The van der Waals surface area contributed by atoms with Gasteiger partial charge >= 0.3 is 6.09 Å². The molecule has 1 amide bonds. The van der Waals surface area contributed by atoms with Gasteiger partial charge in [-0.3, -0.25) is 0 Å². The summed E-state index contributed by atoms with van der Waals surface area (Å²) < 4.78 is 13.2. The van der Waals surface area contributed by atoms with E-state index in [4.69, 9.17) is 9.47 Å². The van der Waals surface area contributed by atoms with Crippen molar-refractivity contribution in [3.63, 3.8) is 0 Å². The number of hydrogen-bond acceptors (Lipinski definition) is 4. The van der Waals surface area contributed by atoms with Crippen LogP contribution in [0.2, 0.25) is 0 Å². The Hall–Kier alpha value is -0.810. The number of fused-ring (bicyclic) bond motifs is 5. The molecule has 1 aliphatic heterocycles. The van der Waals surface area contributed by atoms with Gasteiger partial charge in [-0.05, 0) is 138 Å². The molecule has 0 aromatic heterocycles. The molecule has 0 unspecified atom stereocenters. The van der Waals surface area contributed by atoms with Crippen molar-refractivity contribution in [2.24, 2.45) is 45.3 Å². The van der Waals surface area contributed by atoms with E-state index < -0.39 is 0 Å². The zero-order chi connectivity index (χ0) is 30.3. The summed E-state index contributed by atoms with van der Waals surface area (Å²) in [6.45, 7) is 19.4. The van der Waals surface area contributed by atoms with E-state index in [0.717, 1.165) is 44.9 Å². The van der Waals surface area contributed by atoms with Crippen LogP contribution in [0, 0.1) is 45.3 Å². The number of hydrogen-bond donors (Lipinski definition) is 2. The van der Waals surface area contributed by atoms with Crippen LogP contribution in [0.1, 0.15) is 152 Å². The SMILES string of the molecule is CC1(C)CCC[C@](C)([C@H]2CC[C@]3(C)[C@@H]2[C@H](O)C[C@@H]2[C@@]4(C)CC[C@H](OC(=O)NC5CCCCC5)C(C)(C)[C@@H]4CC[C@]23C)O1. The summed E-state index contributed by atoms with van der Waals surface area (Å²) in [4.78, 5) is 13.0. The van der Waals surface area contributed by atoms with E-state index >= 15 is 0 Å². The summed E-state index contributed by atoms with van der Waals surface area (Å²) in [7, 11) is 0. The van der Waals surface area contributed by atoms with E-state index in [1.54, 1.807) is 0 Å². The molecule has 1 heterocycles. The Morgan fingerprint density at radius 1 is 0.762 bits per heavy atom. The Balaban J connectivity index is 1.22. The van der Waals surface area contributed by atoms with Crippen LogP contribution in [0.15, 0.2) is 0 Å². The normalized spacial score (nSPS) is 50.2. The molecule has 5 nitrogen and oxygen atoms in total. The molecule has 5 saturated carbocycles. The summed E-state index contributed by atoms with van der Waals surface area (Å²) in [6.07, 6.45) is 16.4. The fourth-order valence-electron chi connectivity index (χ4n) is 13.1. The predicted molar refractivity (Wildman–Crippen MR) is 168 cm³/mol. The molecule has 6 aliphatic rings. The fraction of sp³-hybridized carbons (Fsp3) is 0.973. The molecule has 42 heavy (non-hydrogen) atoms. The van der Waals surface area contributed by atoms with Gasteiger partial charge in [-0.1, -0.05) is 53.9 Å². The molecule has 0 bridgehead atoms. The molecule has 2 N–H and O–H groups in total. The molecular weight excluding hydrogens is 522 g/mol. The highest BCUT2D eigenvalue weighted by molar-refractivity contribution is 5.68. The average molecular weight is 586 g/mol. The molecule has 240 valence electrons. The smallest absolute Gasteiger partial charge is 0.407 e. The maximum absolute atomic E-state index is 13.0. The molecular formula is C37H63NO4. The van der Waals surface area contributed by atoms with Gasteiger partial charge in [0, 0.05) is 11.5 Å². The van der Waals surface area contributed by atoms with E-state index in [-0.39, 0.29) is 57.2 Å². The minimum atomic E-state index is -0.278. The third kappa shape index (κ3) is 4.71. The minimum absolute atomic E-state index is 0.0528. The second kappa shape index (κ2) is 10.4. The first-order chi connectivity index (χ1) is 19.6. The van der Waals surface area contributed by atoms with Gasteiger partial charge in [0.1, 0.15) is 6.10 Å². The Morgan fingerprint density at radius 3 is 2.14 bits per heavy atom. The van der Waals surface area contributed by atoms with Crippen molar-refractivity contribution in [3.8, 4) is 0 Å². The van der Waals surface area contributed by atoms with Crippen molar-refractivity contribution >= 4 is 6.09 Å². The highest BCUT2D eigenvalue weighted by Gasteiger charge is 2.72. The van der Waals surface area contributed by atoms with Crippen LogP contribution in [0.3, 0.4) is 0 Å². The average Bonchev–Trinajstić information content (AvgIpc) is 3.28. The van der Waals surface area contributed by atoms with Gasteiger partial charge in [0.25, 0.3) is 0 Å². The molecule has 6 fully saturated rings. The maximum atomic E-state index is 13.0. The highest BCUT2D eigenvalue weighted by Crippen LogP contribution is 2.76. The van der Waals surface area contributed by atoms with Gasteiger partial charge in [0.05, 0.1) is 17.3 Å². The lowest BCUT2D eigenvalue weighted by molar-refractivity contribution is -0.257. The first-order valence-corrected chi connectivity index (χ1v) is 17.9. The third-order valence-corrected chi connectivity index (χ3v) is 15.2. The molecule has 1 saturated heterocycles. The van der Waals surface area contributed by atoms with Crippen LogP contribution in [-0.4, -0.2) is 40.7 Å². The van der Waals surface area contributed by atoms with E-state index in [1.807, 2.05) is 0 Å². The molecule has 5 heteroatoms. The summed E-state index contributed by atoms with van der Waals surface area (Å²) in [5.41, 5.74) is 0.123. The lowest BCUT2D eigenvalue weighted by Gasteiger charge is -2.70. The number of aliphatic hydroxyl groups excluding tert-OH is 1. The first kappa shape index (κ1) is 31.2. The molecule has 0 aromatic rings. The van der Waals surface area contributed by atoms with Gasteiger partial charge in [-0.2, -0.15) is 0 Å². The zero-order valence-corrected chi connectivity index (χ0v) is 28.3. The van der Waals surface area contributed by atoms with Crippen molar-refractivity contribution in [1.82, 2.24) is 5.32 Å². The second-order valence-corrected chi connectivity index (χ2v) is 18.2. The molecule has 0 spiro atoms. The van der Waals surface area contributed by atoms with Crippen LogP contribution >= 0.6 is 0 Å². The number of amides is 1. The Labute approximate surface area is 257 Å². The first-order valence-electron chi connectivity index (χ1n) is 17.9. The molecule has 10 atom stereocenters. The Kier molecular flexibility index (Phi) is 7.69. The van der Waals surface area contributed by atoms with Crippen LogP contribution in [0.4, 0.5) is 4.79 Å².